The number of likely N-dealkylation sites (tertiary alicyclic amines) is 2. The molecule has 2 saturated heterocycles. The van der Waals surface area contributed by atoms with Crippen molar-refractivity contribution in [2.75, 3.05) is 39.8 Å². The van der Waals surface area contributed by atoms with Crippen molar-refractivity contribution in [2.45, 2.75) is 39.2 Å². The Morgan fingerprint density at radius 1 is 1.24 bits per heavy atom. The second-order valence-corrected chi connectivity index (χ2v) is 6.78. The molecule has 2 heterocycles. The van der Waals surface area contributed by atoms with Crippen LogP contribution < -0.4 is 5.73 Å². The number of nitrogens with two attached hydrogens (primary N) is 1. The molecule has 0 aromatic rings. The topological polar surface area (TPSA) is 32.5 Å². The van der Waals surface area contributed by atoms with E-state index < -0.39 is 0 Å². The number of rotatable bonds is 2. The van der Waals surface area contributed by atoms with Crippen LogP contribution in [0.1, 0.15) is 33.1 Å². The summed E-state index contributed by atoms with van der Waals surface area (Å²) in [6.07, 6.45) is 3.87. The number of hydrogen-bond donors (Lipinski definition) is 1. The average molecular weight is 239 g/mol. The van der Waals surface area contributed by atoms with Crippen LogP contribution in [0, 0.1) is 11.3 Å². The van der Waals surface area contributed by atoms with Crippen LogP contribution in [0.3, 0.4) is 0 Å². The molecule has 2 rings (SSSR count). The highest BCUT2D eigenvalue weighted by molar-refractivity contribution is 4.87. The quantitative estimate of drug-likeness (QED) is 0.790. The standard InChI is InChI=1S/C14H29N3/c1-12-10-17(7-4-13(12)15)11-14(2)5-8-16(3)9-6-14/h12-13H,4-11,15H2,1-3H3. The molecule has 2 fully saturated rings. The van der Waals surface area contributed by atoms with Crippen LogP contribution in [0.4, 0.5) is 0 Å². The van der Waals surface area contributed by atoms with Crippen LogP contribution in [0.5, 0.6) is 0 Å². The predicted octanol–water partition coefficient (Wildman–Crippen LogP) is 1.39. The van der Waals surface area contributed by atoms with E-state index in [0.717, 1.165) is 0 Å². The summed E-state index contributed by atoms with van der Waals surface area (Å²) in [5.41, 5.74) is 6.63. The summed E-state index contributed by atoms with van der Waals surface area (Å²) in [5, 5.41) is 0. The molecule has 2 N–H and O–H groups in total. The Bertz CT molecular complexity index is 246. The van der Waals surface area contributed by atoms with Crippen LogP contribution in [-0.2, 0) is 0 Å². The van der Waals surface area contributed by atoms with Crippen LogP contribution in [0.15, 0.2) is 0 Å². The summed E-state index contributed by atoms with van der Waals surface area (Å²) in [7, 11) is 2.24. The molecule has 2 atom stereocenters. The number of nitrogens with zero attached hydrogens (tertiary/aromatic N) is 2. The molecule has 2 aliphatic rings. The summed E-state index contributed by atoms with van der Waals surface area (Å²) >= 11 is 0. The first kappa shape index (κ1) is 13.3. The third-order valence-corrected chi connectivity index (χ3v) is 4.86. The first-order valence-electron chi connectivity index (χ1n) is 7.15. The molecule has 0 saturated carbocycles. The maximum absolute atomic E-state index is 6.09. The highest BCUT2D eigenvalue weighted by Gasteiger charge is 2.33. The van der Waals surface area contributed by atoms with E-state index in [0.29, 0.717) is 17.4 Å². The van der Waals surface area contributed by atoms with Crippen molar-refractivity contribution in [1.82, 2.24) is 9.80 Å². The molecule has 17 heavy (non-hydrogen) atoms. The van der Waals surface area contributed by atoms with Crippen molar-refractivity contribution < 1.29 is 0 Å². The molecule has 0 spiro atoms. The second kappa shape index (κ2) is 5.25. The van der Waals surface area contributed by atoms with Crippen LogP contribution in [0.2, 0.25) is 0 Å². The molecule has 0 bridgehead atoms. The van der Waals surface area contributed by atoms with E-state index >= 15 is 0 Å². The molecule has 2 unspecified atom stereocenters. The molecular weight excluding hydrogens is 210 g/mol. The molecule has 0 radical (unpaired) electrons. The van der Waals surface area contributed by atoms with Crippen LogP contribution in [0.25, 0.3) is 0 Å². The Hall–Kier alpha value is -0.120. The van der Waals surface area contributed by atoms with Crippen molar-refractivity contribution >= 4 is 0 Å². The van der Waals surface area contributed by atoms with Gasteiger partial charge in [0.15, 0.2) is 0 Å². The Labute approximate surface area is 106 Å². The monoisotopic (exact) mass is 239 g/mol. The third kappa shape index (κ3) is 3.43. The van der Waals surface area contributed by atoms with Gasteiger partial charge >= 0.3 is 0 Å². The fraction of sp³-hybridized carbons (Fsp3) is 1.00. The lowest BCUT2D eigenvalue weighted by molar-refractivity contribution is 0.0614. The largest absolute Gasteiger partial charge is 0.327 e. The van der Waals surface area contributed by atoms with E-state index in [-0.39, 0.29) is 0 Å². The van der Waals surface area contributed by atoms with E-state index in [1.807, 2.05) is 0 Å². The minimum atomic E-state index is 0.427. The molecule has 3 heteroatoms. The Balaban J connectivity index is 1.84. The smallest absolute Gasteiger partial charge is 0.00889 e. The maximum atomic E-state index is 6.09. The Morgan fingerprint density at radius 3 is 2.47 bits per heavy atom. The van der Waals surface area contributed by atoms with Gasteiger partial charge in [-0.1, -0.05) is 13.8 Å². The molecular formula is C14H29N3. The van der Waals surface area contributed by atoms with Crippen molar-refractivity contribution in [3.8, 4) is 0 Å². The Kier molecular flexibility index (Phi) is 4.11. The average Bonchev–Trinajstić information content (AvgIpc) is 2.28. The van der Waals surface area contributed by atoms with E-state index in [1.54, 1.807) is 0 Å². The highest BCUT2D eigenvalue weighted by atomic mass is 15.2. The van der Waals surface area contributed by atoms with E-state index in [4.69, 9.17) is 5.73 Å². The summed E-state index contributed by atoms with van der Waals surface area (Å²) in [6.45, 7) is 11.0. The third-order valence-electron chi connectivity index (χ3n) is 4.86. The normalized spacial score (nSPS) is 36.0. The lowest BCUT2D eigenvalue weighted by Crippen LogP contribution is -2.50. The predicted molar refractivity (Wildman–Crippen MR) is 73.0 cm³/mol. The van der Waals surface area contributed by atoms with E-state index in [2.05, 4.69) is 30.7 Å². The molecule has 2 aliphatic heterocycles. The minimum absolute atomic E-state index is 0.427. The highest BCUT2D eigenvalue weighted by Crippen LogP contribution is 2.32. The summed E-state index contributed by atoms with van der Waals surface area (Å²) < 4.78 is 0. The van der Waals surface area contributed by atoms with Gasteiger partial charge in [0.2, 0.25) is 0 Å². The summed E-state index contributed by atoms with van der Waals surface area (Å²) in [4.78, 5) is 5.11. The zero-order valence-electron chi connectivity index (χ0n) is 11.8. The SMILES string of the molecule is CC1CN(CC2(C)CCN(C)CC2)CCC1N. The first-order chi connectivity index (χ1) is 7.98. The van der Waals surface area contributed by atoms with Gasteiger partial charge in [-0.2, -0.15) is 0 Å². The van der Waals surface area contributed by atoms with Gasteiger partial charge in [-0.15, -0.1) is 0 Å². The maximum Gasteiger partial charge on any atom is 0.00889 e. The zero-order valence-corrected chi connectivity index (χ0v) is 11.8. The molecule has 0 aliphatic carbocycles. The van der Waals surface area contributed by atoms with Crippen molar-refractivity contribution in [3.05, 3.63) is 0 Å². The lowest BCUT2D eigenvalue weighted by Gasteiger charge is -2.44. The minimum Gasteiger partial charge on any atom is -0.327 e. The van der Waals surface area contributed by atoms with Crippen molar-refractivity contribution in [1.29, 1.82) is 0 Å². The van der Waals surface area contributed by atoms with Crippen LogP contribution >= 0.6 is 0 Å². The van der Waals surface area contributed by atoms with E-state index in [9.17, 15) is 0 Å². The molecule has 0 aromatic heterocycles. The molecule has 100 valence electrons. The van der Waals surface area contributed by atoms with Gasteiger partial charge in [0, 0.05) is 19.1 Å². The molecule has 0 aromatic carbocycles. The van der Waals surface area contributed by atoms with Gasteiger partial charge in [-0.05, 0) is 57.3 Å². The van der Waals surface area contributed by atoms with Crippen LogP contribution in [-0.4, -0.2) is 55.6 Å². The first-order valence-corrected chi connectivity index (χ1v) is 7.15. The second-order valence-electron chi connectivity index (χ2n) is 6.78. The van der Waals surface area contributed by atoms with Crippen molar-refractivity contribution in [3.63, 3.8) is 0 Å². The zero-order chi connectivity index (χ0) is 12.5. The van der Waals surface area contributed by atoms with Gasteiger partial charge in [0.05, 0.1) is 0 Å². The van der Waals surface area contributed by atoms with Crippen molar-refractivity contribution in [2.24, 2.45) is 17.1 Å². The van der Waals surface area contributed by atoms with Gasteiger partial charge in [0.25, 0.3) is 0 Å². The summed E-state index contributed by atoms with van der Waals surface area (Å²) in [5.74, 6) is 0.665. The van der Waals surface area contributed by atoms with Gasteiger partial charge in [-0.3, -0.25) is 0 Å². The van der Waals surface area contributed by atoms with Gasteiger partial charge in [-0.25, -0.2) is 0 Å². The van der Waals surface area contributed by atoms with Gasteiger partial charge < -0.3 is 15.5 Å². The Morgan fingerprint density at radius 2 is 1.88 bits per heavy atom. The number of hydrogen-bond acceptors (Lipinski definition) is 3. The van der Waals surface area contributed by atoms with Gasteiger partial charge in [0.1, 0.15) is 0 Å². The lowest BCUT2D eigenvalue weighted by atomic mass is 9.79. The van der Waals surface area contributed by atoms with E-state index in [1.165, 1.54) is 52.0 Å². The molecule has 0 amide bonds. The molecule has 3 nitrogen and oxygen atoms in total. The fourth-order valence-corrected chi connectivity index (χ4v) is 3.25. The fourth-order valence-electron chi connectivity index (χ4n) is 3.25. The summed E-state index contributed by atoms with van der Waals surface area (Å²) in [6, 6.07) is 0.427. The number of piperidine rings is 2.